The molecule has 4 rings (SSSR count). The molecule has 0 amide bonds. The molecular weight excluding hydrogens is 302 g/mol. The van der Waals surface area contributed by atoms with Crippen molar-refractivity contribution < 1.29 is 0 Å². The number of nitrogens with one attached hydrogen (secondary N) is 1. The average molecular weight is 321 g/mol. The molecule has 0 saturated heterocycles. The largest absolute Gasteiger partial charge is 0.378 e. The number of H-pyrrole nitrogens is 1. The quantitative estimate of drug-likeness (QED) is 0.743. The Balaban J connectivity index is 1.89. The minimum absolute atomic E-state index is 0.172. The van der Waals surface area contributed by atoms with Crippen molar-refractivity contribution in [2.45, 2.75) is 19.3 Å². The molecule has 0 radical (unpaired) electrons. The van der Waals surface area contributed by atoms with Crippen molar-refractivity contribution in [1.82, 2.24) is 19.6 Å². The summed E-state index contributed by atoms with van der Waals surface area (Å²) >= 11 is 0. The Morgan fingerprint density at radius 2 is 2.04 bits per heavy atom. The van der Waals surface area contributed by atoms with Gasteiger partial charge in [-0.05, 0) is 43.0 Å². The summed E-state index contributed by atoms with van der Waals surface area (Å²) in [6.45, 7) is 0. The maximum absolute atomic E-state index is 12.3. The highest BCUT2D eigenvalue weighted by Gasteiger charge is 2.10. The molecule has 0 saturated carbocycles. The zero-order chi connectivity index (χ0) is 16.7. The Morgan fingerprint density at radius 1 is 1.25 bits per heavy atom. The summed E-state index contributed by atoms with van der Waals surface area (Å²) in [6.07, 6.45) is 6.92. The van der Waals surface area contributed by atoms with Crippen molar-refractivity contribution in [3.63, 3.8) is 0 Å². The second kappa shape index (κ2) is 5.63. The van der Waals surface area contributed by atoms with Gasteiger partial charge in [-0.2, -0.15) is 9.61 Å². The minimum Gasteiger partial charge on any atom is -0.378 e. The molecule has 0 fully saturated rings. The first-order valence-corrected chi connectivity index (χ1v) is 8.09. The average Bonchev–Trinajstić information content (AvgIpc) is 2.88. The lowest BCUT2D eigenvalue weighted by molar-refractivity contribution is 0.730. The number of imidazole rings is 1. The van der Waals surface area contributed by atoms with Gasteiger partial charge in [0, 0.05) is 19.8 Å². The van der Waals surface area contributed by atoms with E-state index < -0.39 is 0 Å². The molecule has 24 heavy (non-hydrogen) atoms. The van der Waals surface area contributed by atoms with Gasteiger partial charge >= 0.3 is 0 Å². The first kappa shape index (κ1) is 14.7. The Kier molecular flexibility index (Phi) is 3.45. The van der Waals surface area contributed by atoms with E-state index in [1.54, 1.807) is 4.52 Å². The predicted molar refractivity (Wildman–Crippen MR) is 94.6 cm³/mol. The fourth-order valence-electron chi connectivity index (χ4n) is 2.96. The molecule has 3 aromatic rings. The van der Waals surface area contributed by atoms with Gasteiger partial charge < -0.3 is 4.90 Å². The van der Waals surface area contributed by atoms with E-state index in [9.17, 15) is 4.79 Å². The van der Waals surface area contributed by atoms with Crippen LogP contribution in [0.15, 0.2) is 29.1 Å². The van der Waals surface area contributed by atoms with Gasteiger partial charge in [-0.25, -0.2) is 4.98 Å². The van der Waals surface area contributed by atoms with Crippen LogP contribution in [0.5, 0.6) is 0 Å². The number of nitrogens with zero attached hydrogens (tertiary/aromatic N) is 4. The van der Waals surface area contributed by atoms with Gasteiger partial charge in [0.2, 0.25) is 5.78 Å². The van der Waals surface area contributed by atoms with Crippen LogP contribution < -0.4 is 21.2 Å². The van der Waals surface area contributed by atoms with Crippen LogP contribution in [0, 0.1) is 0 Å². The molecule has 6 nitrogen and oxygen atoms in total. The predicted octanol–water partition coefficient (Wildman–Crippen LogP) is 0.429. The fourth-order valence-corrected chi connectivity index (χ4v) is 2.96. The zero-order valence-corrected chi connectivity index (χ0v) is 13.8. The number of benzene rings is 1. The number of rotatable bonds is 2. The Labute approximate surface area is 138 Å². The summed E-state index contributed by atoms with van der Waals surface area (Å²) in [5, 5.41) is 6.03. The number of aryl methyl sites for hydroxylation is 1. The summed E-state index contributed by atoms with van der Waals surface area (Å²) in [6, 6.07) is 8.04. The summed E-state index contributed by atoms with van der Waals surface area (Å²) in [5.41, 5.74) is 2.85. The summed E-state index contributed by atoms with van der Waals surface area (Å²) < 4.78 is 1.63. The lowest BCUT2D eigenvalue weighted by atomic mass is 10.1. The lowest BCUT2D eigenvalue weighted by Crippen LogP contribution is -2.30. The molecule has 1 aliphatic rings. The van der Waals surface area contributed by atoms with E-state index in [1.807, 2.05) is 49.3 Å². The molecule has 0 unspecified atom stereocenters. The van der Waals surface area contributed by atoms with Crippen molar-refractivity contribution in [3.8, 4) is 0 Å². The van der Waals surface area contributed by atoms with Crippen molar-refractivity contribution in [1.29, 1.82) is 0 Å². The molecule has 2 heterocycles. The van der Waals surface area contributed by atoms with E-state index in [0.29, 0.717) is 11.1 Å². The summed E-state index contributed by atoms with van der Waals surface area (Å²) in [7, 11) is 4.00. The summed E-state index contributed by atoms with van der Waals surface area (Å²) in [4.78, 5) is 21.7. The third kappa shape index (κ3) is 2.50. The zero-order valence-electron chi connectivity index (χ0n) is 13.8. The minimum atomic E-state index is -0.172. The molecule has 1 N–H and O–H groups in total. The van der Waals surface area contributed by atoms with Gasteiger partial charge in [0.1, 0.15) is 5.35 Å². The van der Waals surface area contributed by atoms with Crippen molar-refractivity contribution in [2.24, 2.45) is 0 Å². The molecule has 1 aliphatic carbocycles. The van der Waals surface area contributed by atoms with Crippen molar-refractivity contribution in [2.75, 3.05) is 19.0 Å². The van der Waals surface area contributed by atoms with Gasteiger partial charge in [-0.1, -0.05) is 18.2 Å². The Hall–Kier alpha value is -2.89. The molecule has 1 aromatic carbocycles. The Morgan fingerprint density at radius 3 is 2.79 bits per heavy atom. The van der Waals surface area contributed by atoms with Gasteiger partial charge in [-0.15, -0.1) is 0 Å². The first-order chi connectivity index (χ1) is 11.6. The van der Waals surface area contributed by atoms with Crippen LogP contribution in [0.25, 0.3) is 17.9 Å². The molecule has 122 valence electrons. The number of hydrogen-bond acceptors (Lipinski definition) is 4. The maximum Gasteiger partial charge on any atom is 0.276 e. The number of anilines is 1. The normalized spacial score (nSPS) is 14.5. The molecule has 6 heteroatoms. The number of hydrogen-bond donors (Lipinski definition) is 1. The van der Waals surface area contributed by atoms with Crippen LogP contribution in [0.4, 0.5) is 5.69 Å². The topological polar surface area (TPSA) is 66.3 Å². The molecule has 0 spiro atoms. The van der Waals surface area contributed by atoms with E-state index in [0.717, 1.165) is 41.6 Å². The summed E-state index contributed by atoms with van der Waals surface area (Å²) in [5.74, 6) is 0.494. The van der Waals surface area contributed by atoms with E-state index in [2.05, 4.69) is 21.1 Å². The van der Waals surface area contributed by atoms with Gasteiger partial charge in [0.15, 0.2) is 0 Å². The van der Waals surface area contributed by atoms with E-state index in [-0.39, 0.29) is 5.56 Å². The highest BCUT2D eigenvalue weighted by Crippen LogP contribution is 2.12. The fraction of sp³-hybridized carbons (Fsp3) is 0.278. The van der Waals surface area contributed by atoms with Crippen LogP contribution in [-0.4, -0.2) is 33.7 Å². The van der Waals surface area contributed by atoms with E-state index in [4.69, 9.17) is 0 Å². The third-order valence-corrected chi connectivity index (χ3v) is 4.30. The maximum atomic E-state index is 12.3. The van der Waals surface area contributed by atoms with Crippen LogP contribution >= 0.6 is 0 Å². The van der Waals surface area contributed by atoms with Gasteiger partial charge in [0.05, 0.1) is 11.0 Å². The lowest BCUT2D eigenvalue weighted by Gasteiger charge is -2.11. The standard InChI is InChI=1S/C18H19N5O/c1-22(2)13-9-7-12(8-10-13)11-16-17(24)20-18-19-14-5-3-4-6-15(14)21-23(16)18/h5,7-11H,3-4,6H2,1-2H3,(H,19,20,24)/b16-11-. The third-order valence-electron chi connectivity index (χ3n) is 4.30. The molecular formula is C18H19N5O. The van der Waals surface area contributed by atoms with Crippen molar-refractivity contribution in [3.05, 3.63) is 56.6 Å². The molecule has 2 aromatic heterocycles. The van der Waals surface area contributed by atoms with Gasteiger partial charge in [0.25, 0.3) is 5.56 Å². The van der Waals surface area contributed by atoms with E-state index in [1.165, 1.54) is 0 Å². The molecule has 0 aliphatic heterocycles. The van der Waals surface area contributed by atoms with Crippen LogP contribution in [0.3, 0.4) is 0 Å². The SMILES string of the molecule is CN(C)c1ccc(/C=c2/c(=O)[nH]c3nc4c(nn23)CCCC=4)cc1. The van der Waals surface area contributed by atoms with Crippen LogP contribution in [-0.2, 0) is 6.42 Å². The second-order valence-electron chi connectivity index (χ2n) is 6.25. The van der Waals surface area contributed by atoms with E-state index >= 15 is 0 Å². The second-order valence-corrected chi connectivity index (χ2v) is 6.25. The smallest absolute Gasteiger partial charge is 0.276 e. The number of fused-ring (bicyclic) bond motifs is 2. The monoisotopic (exact) mass is 321 g/mol. The first-order valence-electron chi connectivity index (χ1n) is 8.09. The highest BCUT2D eigenvalue weighted by atomic mass is 16.1. The molecule has 0 atom stereocenters. The van der Waals surface area contributed by atoms with Crippen LogP contribution in [0.1, 0.15) is 24.1 Å². The van der Waals surface area contributed by atoms with Crippen molar-refractivity contribution >= 4 is 23.6 Å². The number of aromatic amines is 1. The number of aromatic nitrogens is 4. The van der Waals surface area contributed by atoms with Crippen LogP contribution in [0.2, 0.25) is 0 Å². The Bertz CT molecular complexity index is 1070. The molecule has 0 bridgehead atoms. The van der Waals surface area contributed by atoms with Gasteiger partial charge in [-0.3, -0.25) is 9.78 Å². The highest BCUT2D eigenvalue weighted by molar-refractivity contribution is 5.55.